The van der Waals surface area contributed by atoms with Crippen LogP contribution in [0.1, 0.15) is 25.7 Å². The van der Waals surface area contributed by atoms with Crippen molar-refractivity contribution < 1.29 is 14.2 Å². The van der Waals surface area contributed by atoms with Gasteiger partial charge < -0.3 is 15.2 Å². The van der Waals surface area contributed by atoms with E-state index in [0.717, 1.165) is 46.6 Å². The monoisotopic (exact) mass is 435 g/mol. The molecule has 1 unspecified atom stereocenters. The zero-order valence-corrected chi connectivity index (χ0v) is 17.6. The zero-order valence-electron chi connectivity index (χ0n) is 16.8. The summed E-state index contributed by atoms with van der Waals surface area (Å²) >= 11 is 1.56. The summed E-state index contributed by atoms with van der Waals surface area (Å²) in [5.74, 6) is 1.08. The predicted octanol–water partition coefficient (Wildman–Crippen LogP) is 6.01. The molecular formula is C24H22FN3O2S. The van der Waals surface area contributed by atoms with Crippen LogP contribution in [0.4, 0.5) is 9.52 Å². The number of aliphatic hydroxyl groups excluding tert-OH is 1. The molecule has 2 N–H and O–H groups in total. The molecule has 0 amide bonds. The number of hydrogen-bond acceptors (Lipinski definition) is 6. The number of halogens is 1. The van der Waals surface area contributed by atoms with E-state index in [2.05, 4.69) is 15.3 Å². The van der Waals surface area contributed by atoms with E-state index in [4.69, 9.17) is 4.74 Å². The molecule has 0 aliphatic heterocycles. The van der Waals surface area contributed by atoms with Crippen LogP contribution >= 0.6 is 11.3 Å². The third-order valence-electron chi connectivity index (χ3n) is 5.51. The van der Waals surface area contributed by atoms with Crippen LogP contribution in [0.2, 0.25) is 0 Å². The van der Waals surface area contributed by atoms with Crippen LogP contribution in [0.15, 0.2) is 60.8 Å². The summed E-state index contributed by atoms with van der Waals surface area (Å²) in [6.07, 6.45) is 5.37. The highest BCUT2D eigenvalue weighted by atomic mass is 32.1. The highest BCUT2D eigenvalue weighted by Gasteiger charge is 2.23. The summed E-state index contributed by atoms with van der Waals surface area (Å²) in [6, 6.07) is 15.7. The van der Waals surface area contributed by atoms with Gasteiger partial charge in [-0.05, 0) is 55.3 Å². The summed E-state index contributed by atoms with van der Waals surface area (Å²) in [5.41, 5.74) is 2.44. The normalized spacial score (nSPS) is 18.8. The van der Waals surface area contributed by atoms with E-state index in [1.165, 1.54) is 12.1 Å². The Morgan fingerprint density at radius 3 is 2.65 bits per heavy atom. The number of nitrogens with one attached hydrogen (secondary N) is 1. The van der Waals surface area contributed by atoms with Gasteiger partial charge in [-0.25, -0.2) is 9.37 Å². The molecule has 5 rings (SSSR count). The number of thiazole rings is 1. The molecule has 2 aromatic heterocycles. The number of aromatic nitrogens is 2. The van der Waals surface area contributed by atoms with Gasteiger partial charge in [-0.1, -0.05) is 24.2 Å². The van der Waals surface area contributed by atoms with Crippen molar-refractivity contribution in [2.75, 3.05) is 5.32 Å². The lowest BCUT2D eigenvalue weighted by Gasteiger charge is -2.27. The second kappa shape index (κ2) is 8.61. The minimum Gasteiger partial charge on any atom is -0.457 e. The van der Waals surface area contributed by atoms with Crippen molar-refractivity contribution in [2.45, 2.75) is 37.8 Å². The minimum absolute atomic E-state index is 0.0618. The lowest BCUT2D eigenvalue weighted by molar-refractivity contribution is 0.116. The molecule has 1 aliphatic carbocycles. The molecule has 7 heteroatoms. The van der Waals surface area contributed by atoms with Crippen molar-refractivity contribution in [1.82, 2.24) is 9.97 Å². The fraction of sp³-hybridized carbons (Fsp3) is 0.250. The van der Waals surface area contributed by atoms with Crippen molar-refractivity contribution >= 4 is 26.7 Å². The van der Waals surface area contributed by atoms with Gasteiger partial charge in [-0.2, -0.15) is 0 Å². The van der Waals surface area contributed by atoms with Crippen molar-refractivity contribution in [2.24, 2.45) is 0 Å². The first-order valence-corrected chi connectivity index (χ1v) is 11.2. The highest BCUT2D eigenvalue weighted by Crippen LogP contribution is 2.33. The number of pyridine rings is 1. The first kappa shape index (κ1) is 19.9. The van der Waals surface area contributed by atoms with Gasteiger partial charge in [0.05, 0.1) is 28.1 Å². The van der Waals surface area contributed by atoms with E-state index in [0.29, 0.717) is 17.2 Å². The molecule has 4 aromatic rings. The van der Waals surface area contributed by atoms with E-state index >= 15 is 0 Å². The maximum absolute atomic E-state index is 13.2. The molecule has 5 nitrogen and oxygen atoms in total. The minimum atomic E-state index is -0.318. The standard InChI is InChI=1S/C24H22FN3O2S/c25-16-7-5-15(6-8-16)21-13-18(11-12-26-21)30-17-9-10-20-23(14-17)31-24(28-20)27-19-3-1-2-4-22(19)29/h5-14,19,22,29H,1-4H2,(H,27,28)/t19?,22-/m1/s1. The maximum atomic E-state index is 13.2. The van der Waals surface area contributed by atoms with E-state index in [1.807, 2.05) is 24.3 Å². The second-order valence-electron chi connectivity index (χ2n) is 7.74. The van der Waals surface area contributed by atoms with Crippen LogP contribution in [-0.2, 0) is 0 Å². The largest absolute Gasteiger partial charge is 0.457 e. The summed E-state index contributed by atoms with van der Waals surface area (Å²) in [6.45, 7) is 0. The zero-order chi connectivity index (χ0) is 21.2. The first-order valence-electron chi connectivity index (χ1n) is 10.4. The fourth-order valence-corrected chi connectivity index (χ4v) is 4.81. The van der Waals surface area contributed by atoms with E-state index < -0.39 is 0 Å². The summed E-state index contributed by atoms with van der Waals surface area (Å²) < 4.78 is 20.2. The smallest absolute Gasteiger partial charge is 0.184 e. The van der Waals surface area contributed by atoms with Gasteiger partial charge in [0.1, 0.15) is 17.3 Å². The number of hydrogen-bond donors (Lipinski definition) is 2. The number of ether oxygens (including phenoxy) is 1. The Morgan fingerprint density at radius 1 is 1.00 bits per heavy atom. The van der Waals surface area contributed by atoms with Crippen molar-refractivity contribution in [3.8, 4) is 22.8 Å². The van der Waals surface area contributed by atoms with E-state index in [-0.39, 0.29) is 18.0 Å². The number of rotatable bonds is 5. The van der Waals surface area contributed by atoms with Crippen LogP contribution < -0.4 is 10.1 Å². The molecular weight excluding hydrogens is 413 g/mol. The van der Waals surface area contributed by atoms with Crippen LogP contribution in [0.25, 0.3) is 21.5 Å². The fourth-order valence-electron chi connectivity index (χ4n) is 3.86. The molecule has 2 atom stereocenters. The Morgan fingerprint density at radius 2 is 1.81 bits per heavy atom. The molecule has 2 heterocycles. The summed E-state index contributed by atoms with van der Waals surface area (Å²) in [7, 11) is 0. The van der Waals surface area contributed by atoms with Gasteiger partial charge in [0.15, 0.2) is 5.13 Å². The van der Waals surface area contributed by atoms with Crippen molar-refractivity contribution in [1.29, 1.82) is 0 Å². The van der Waals surface area contributed by atoms with Gasteiger partial charge in [-0.15, -0.1) is 0 Å². The van der Waals surface area contributed by atoms with Crippen molar-refractivity contribution in [3.63, 3.8) is 0 Å². The van der Waals surface area contributed by atoms with Gasteiger partial charge in [0.2, 0.25) is 0 Å². The predicted molar refractivity (Wildman–Crippen MR) is 121 cm³/mol. The number of benzene rings is 2. The third-order valence-corrected chi connectivity index (χ3v) is 6.45. The lowest BCUT2D eigenvalue weighted by Crippen LogP contribution is -2.36. The Kier molecular flexibility index (Phi) is 5.53. The first-order chi connectivity index (χ1) is 15.1. The molecule has 1 aliphatic rings. The molecule has 0 saturated heterocycles. The molecule has 2 aromatic carbocycles. The highest BCUT2D eigenvalue weighted by molar-refractivity contribution is 7.22. The Hall–Kier alpha value is -3.03. The van der Waals surface area contributed by atoms with Gasteiger partial charge in [0.25, 0.3) is 0 Å². The average molecular weight is 436 g/mol. The van der Waals surface area contributed by atoms with Gasteiger partial charge >= 0.3 is 0 Å². The van der Waals surface area contributed by atoms with E-state index in [1.54, 1.807) is 35.7 Å². The average Bonchev–Trinajstić information content (AvgIpc) is 3.18. The van der Waals surface area contributed by atoms with Crippen LogP contribution in [-0.4, -0.2) is 27.2 Å². The summed E-state index contributed by atoms with van der Waals surface area (Å²) in [4.78, 5) is 9.01. The SMILES string of the molecule is O[C@@H]1CCCCC1Nc1nc2ccc(Oc3ccnc(-c4ccc(F)cc4)c3)cc2s1. The van der Waals surface area contributed by atoms with E-state index in [9.17, 15) is 9.50 Å². The number of fused-ring (bicyclic) bond motifs is 1. The van der Waals surface area contributed by atoms with Gasteiger partial charge in [0, 0.05) is 23.9 Å². The number of anilines is 1. The van der Waals surface area contributed by atoms with Crippen molar-refractivity contribution in [3.05, 3.63) is 66.6 Å². The topological polar surface area (TPSA) is 67.3 Å². The molecule has 31 heavy (non-hydrogen) atoms. The number of nitrogens with zero attached hydrogens (tertiary/aromatic N) is 2. The van der Waals surface area contributed by atoms with Crippen LogP contribution in [0.3, 0.4) is 0 Å². The Labute approximate surface area is 183 Å². The molecule has 1 saturated carbocycles. The second-order valence-corrected chi connectivity index (χ2v) is 8.77. The molecule has 0 spiro atoms. The maximum Gasteiger partial charge on any atom is 0.184 e. The summed E-state index contributed by atoms with van der Waals surface area (Å²) in [5, 5.41) is 14.4. The Bertz CT molecular complexity index is 1200. The Balaban J connectivity index is 1.34. The number of aliphatic hydroxyl groups is 1. The quantitative estimate of drug-likeness (QED) is 0.402. The molecule has 0 bridgehead atoms. The van der Waals surface area contributed by atoms with Crippen LogP contribution in [0, 0.1) is 5.82 Å². The molecule has 1 fully saturated rings. The third kappa shape index (κ3) is 4.52. The van der Waals surface area contributed by atoms with Gasteiger partial charge in [-0.3, -0.25) is 4.98 Å². The molecule has 158 valence electrons. The van der Waals surface area contributed by atoms with Crippen LogP contribution in [0.5, 0.6) is 11.5 Å². The molecule has 0 radical (unpaired) electrons. The lowest BCUT2D eigenvalue weighted by atomic mass is 9.93.